The highest BCUT2D eigenvalue weighted by Crippen LogP contribution is 2.43. The van der Waals surface area contributed by atoms with Gasteiger partial charge >= 0.3 is 5.92 Å². The maximum atomic E-state index is 15.6. The van der Waals surface area contributed by atoms with Crippen molar-refractivity contribution in [3.63, 3.8) is 0 Å². The van der Waals surface area contributed by atoms with Crippen LogP contribution in [0.3, 0.4) is 0 Å². The number of aryl methyl sites for hydroxylation is 1. The van der Waals surface area contributed by atoms with Crippen molar-refractivity contribution in [2.45, 2.75) is 32.4 Å². The minimum Gasteiger partial charge on any atom is -0.404 e. The van der Waals surface area contributed by atoms with E-state index in [1.165, 1.54) is 29.0 Å². The zero-order valence-corrected chi connectivity index (χ0v) is 21.1. The number of halogens is 3. The third kappa shape index (κ3) is 4.25. The van der Waals surface area contributed by atoms with Crippen LogP contribution in [-0.4, -0.2) is 42.2 Å². The van der Waals surface area contributed by atoms with Gasteiger partial charge in [-0.2, -0.15) is 8.78 Å². The summed E-state index contributed by atoms with van der Waals surface area (Å²) in [6.45, 7) is 4.21. The fourth-order valence-electron chi connectivity index (χ4n) is 4.45. The SMILES string of the molecule is CN=C(C=CN)Nc1ncc(C)c(-c2cc3n(c2)C[C@H](C)n2c-3nnc2C(F)(F)c2ccccc2Cl)n1. The van der Waals surface area contributed by atoms with E-state index in [4.69, 9.17) is 17.3 Å². The van der Waals surface area contributed by atoms with Crippen LogP contribution in [0.25, 0.3) is 22.8 Å². The smallest absolute Gasteiger partial charge is 0.333 e. The van der Waals surface area contributed by atoms with E-state index in [0.29, 0.717) is 35.5 Å². The van der Waals surface area contributed by atoms with Gasteiger partial charge in [-0.1, -0.05) is 29.8 Å². The summed E-state index contributed by atoms with van der Waals surface area (Å²) in [5, 5.41) is 11.1. The van der Waals surface area contributed by atoms with Gasteiger partial charge in [0.05, 0.1) is 22.5 Å². The number of nitrogens with one attached hydrogen (secondary N) is 1. The van der Waals surface area contributed by atoms with Gasteiger partial charge in [0.15, 0.2) is 5.82 Å². The number of nitrogens with zero attached hydrogens (tertiary/aromatic N) is 7. The second-order valence-corrected chi connectivity index (χ2v) is 9.11. The lowest BCUT2D eigenvalue weighted by atomic mass is 10.1. The Labute approximate surface area is 216 Å². The maximum Gasteiger partial charge on any atom is 0.333 e. The van der Waals surface area contributed by atoms with E-state index in [1.54, 1.807) is 25.4 Å². The van der Waals surface area contributed by atoms with Crippen LogP contribution in [-0.2, 0) is 12.5 Å². The predicted octanol–water partition coefficient (Wildman–Crippen LogP) is 4.79. The molecule has 0 saturated carbocycles. The average Bonchev–Trinajstić information content (AvgIpc) is 3.50. The molecule has 37 heavy (non-hydrogen) atoms. The standard InChI is InChI=1S/C25H24ClF2N9/c1-14-11-31-24(32-20(30-3)8-9-29)33-21(14)16-10-19-22-34-35-23(37(22)15(2)12-36(19)13-16)25(27,28)17-6-4-5-7-18(17)26/h4-11,13,15H,12,29H2,1-3H3,(H,30,31,32,33)/t15-/m0/s1. The summed E-state index contributed by atoms with van der Waals surface area (Å²) in [4.78, 5) is 13.1. The number of anilines is 1. The number of aliphatic imine (C=N–C) groups is 1. The van der Waals surface area contributed by atoms with Gasteiger partial charge in [0.25, 0.3) is 0 Å². The number of nitrogens with two attached hydrogens (primary N) is 1. The molecule has 12 heteroatoms. The predicted molar refractivity (Wildman–Crippen MR) is 139 cm³/mol. The summed E-state index contributed by atoms with van der Waals surface area (Å²) < 4.78 is 34.7. The van der Waals surface area contributed by atoms with Gasteiger partial charge in [-0.15, -0.1) is 10.2 Å². The molecule has 0 unspecified atom stereocenters. The molecule has 4 heterocycles. The number of hydrogen-bond donors (Lipinski definition) is 2. The molecule has 0 saturated heterocycles. The molecule has 1 aliphatic heterocycles. The molecule has 190 valence electrons. The lowest BCUT2D eigenvalue weighted by molar-refractivity contribution is 0.0269. The summed E-state index contributed by atoms with van der Waals surface area (Å²) in [6, 6.07) is 7.43. The number of hydrogen-bond acceptors (Lipinski definition) is 6. The molecule has 1 atom stereocenters. The number of aromatic nitrogens is 6. The lowest BCUT2D eigenvalue weighted by Crippen LogP contribution is -2.28. The highest BCUT2D eigenvalue weighted by molar-refractivity contribution is 6.31. The Kier molecular flexibility index (Phi) is 6.24. The zero-order chi connectivity index (χ0) is 26.3. The van der Waals surface area contributed by atoms with Crippen molar-refractivity contribution < 1.29 is 8.78 Å². The van der Waals surface area contributed by atoms with E-state index in [9.17, 15) is 0 Å². The van der Waals surface area contributed by atoms with Crippen molar-refractivity contribution in [1.82, 2.24) is 29.3 Å². The van der Waals surface area contributed by atoms with Crippen LogP contribution in [0.15, 0.2) is 60.0 Å². The van der Waals surface area contributed by atoms with Crippen molar-refractivity contribution >= 4 is 23.4 Å². The topological polar surface area (TPSA) is 112 Å². The fraction of sp³-hybridized carbons (Fsp3) is 0.240. The maximum absolute atomic E-state index is 15.6. The van der Waals surface area contributed by atoms with Gasteiger partial charge in [-0.3, -0.25) is 9.56 Å². The van der Waals surface area contributed by atoms with Crippen LogP contribution >= 0.6 is 11.6 Å². The Bertz CT molecular complexity index is 1540. The largest absolute Gasteiger partial charge is 0.404 e. The van der Waals surface area contributed by atoms with Gasteiger partial charge in [0.1, 0.15) is 5.84 Å². The minimum atomic E-state index is -3.42. The van der Waals surface area contributed by atoms with Crippen LogP contribution in [0, 0.1) is 6.92 Å². The molecule has 4 aromatic rings. The fourth-order valence-corrected chi connectivity index (χ4v) is 4.71. The Morgan fingerprint density at radius 1 is 1.30 bits per heavy atom. The van der Waals surface area contributed by atoms with E-state index in [2.05, 4.69) is 30.5 Å². The first-order chi connectivity index (χ1) is 17.7. The summed E-state index contributed by atoms with van der Waals surface area (Å²) in [5.41, 5.74) is 8.15. The van der Waals surface area contributed by atoms with Gasteiger partial charge in [-0.05, 0) is 43.8 Å². The van der Waals surface area contributed by atoms with Crippen molar-refractivity contribution in [3.05, 3.63) is 77.0 Å². The number of amidine groups is 1. The number of fused-ring (bicyclic) bond motifs is 3. The van der Waals surface area contributed by atoms with Gasteiger partial charge in [0, 0.05) is 37.1 Å². The van der Waals surface area contributed by atoms with Crippen LogP contribution in [0.5, 0.6) is 0 Å². The Hall–Kier alpha value is -4.12. The third-order valence-electron chi connectivity index (χ3n) is 6.20. The Morgan fingerprint density at radius 3 is 2.81 bits per heavy atom. The summed E-state index contributed by atoms with van der Waals surface area (Å²) in [7, 11) is 1.63. The number of rotatable bonds is 5. The monoisotopic (exact) mass is 523 g/mol. The molecule has 3 aromatic heterocycles. The molecule has 0 spiro atoms. The molecular formula is C25H24ClF2N9. The molecule has 0 amide bonds. The molecule has 0 bridgehead atoms. The molecule has 0 fully saturated rings. The molecular weight excluding hydrogens is 500 g/mol. The average molecular weight is 524 g/mol. The van der Waals surface area contributed by atoms with E-state index in [-0.39, 0.29) is 16.6 Å². The molecule has 1 aliphatic rings. The molecule has 5 rings (SSSR count). The van der Waals surface area contributed by atoms with Crippen molar-refractivity contribution in [2.75, 3.05) is 12.4 Å². The molecule has 3 N–H and O–H groups in total. The molecule has 0 aliphatic carbocycles. The van der Waals surface area contributed by atoms with E-state index in [1.807, 2.05) is 30.7 Å². The second-order valence-electron chi connectivity index (χ2n) is 8.71. The van der Waals surface area contributed by atoms with Crippen LogP contribution in [0.4, 0.5) is 14.7 Å². The van der Waals surface area contributed by atoms with Crippen LogP contribution in [0.2, 0.25) is 5.02 Å². The molecule has 0 radical (unpaired) electrons. The lowest BCUT2D eigenvalue weighted by Gasteiger charge is -2.27. The van der Waals surface area contributed by atoms with Crippen molar-refractivity contribution in [2.24, 2.45) is 10.7 Å². The Morgan fingerprint density at radius 2 is 2.08 bits per heavy atom. The summed E-state index contributed by atoms with van der Waals surface area (Å²) in [5.74, 6) is -2.66. The highest BCUT2D eigenvalue weighted by atomic mass is 35.5. The molecule has 1 aromatic carbocycles. The minimum absolute atomic E-state index is 0.0270. The van der Waals surface area contributed by atoms with Gasteiger partial charge in [-0.25, -0.2) is 9.97 Å². The number of alkyl halides is 2. The normalized spacial score (nSPS) is 15.6. The highest BCUT2D eigenvalue weighted by Gasteiger charge is 2.44. The van der Waals surface area contributed by atoms with Crippen molar-refractivity contribution in [3.8, 4) is 22.8 Å². The van der Waals surface area contributed by atoms with E-state index in [0.717, 1.165) is 11.1 Å². The first kappa shape index (κ1) is 24.6. The van der Waals surface area contributed by atoms with Crippen LogP contribution < -0.4 is 11.1 Å². The quantitative estimate of drug-likeness (QED) is 0.287. The zero-order valence-electron chi connectivity index (χ0n) is 20.3. The van der Waals surface area contributed by atoms with E-state index < -0.39 is 11.7 Å². The van der Waals surface area contributed by atoms with Gasteiger partial charge < -0.3 is 15.6 Å². The van der Waals surface area contributed by atoms with E-state index >= 15 is 8.78 Å². The second kappa shape index (κ2) is 9.40. The number of benzene rings is 1. The third-order valence-corrected chi connectivity index (χ3v) is 6.53. The summed E-state index contributed by atoms with van der Waals surface area (Å²) in [6.07, 6.45) is 6.61. The van der Waals surface area contributed by atoms with Crippen LogP contribution in [0.1, 0.15) is 29.9 Å². The first-order valence-electron chi connectivity index (χ1n) is 11.5. The first-order valence-corrected chi connectivity index (χ1v) is 11.9. The summed E-state index contributed by atoms with van der Waals surface area (Å²) >= 11 is 6.11. The Balaban J connectivity index is 1.56. The molecule has 9 nitrogen and oxygen atoms in total. The van der Waals surface area contributed by atoms with Crippen molar-refractivity contribution in [1.29, 1.82) is 0 Å². The van der Waals surface area contributed by atoms with Gasteiger partial charge in [0.2, 0.25) is 11.8 Å².